The Morgan fingerprint density at radius 3 is 2.72 bits per heavy atom. The largest absolute Gasteiger partial charge is 0.268 e. The lowest BCUT2D eigenvalue weighted by molar-refractivity contribution is 0.618. The van der Waals surface area contributed by atoms with Crippen molar-refractivity contribution >= 4 is 0 Å². The molecule has 0 radical (unpaired) electrons. The van der Waals surface area contributed by atoms with Gasteiger partial charge in [-0.1, -0.05) is 0 Å². The van der Waals surface area contributed by atoms with Gasteiger partial charge < -0.3 is 0 Å². The number of nitrogens with zero attached hydrogens (tertiary/aromatic N) is 3. The Morgan fingerprint density at radius 1 is 1.39 bits per heavy atom. The third kappa shape index (κ3) is 2.00. The van der Waals surface area contributed by atoms with Gasteiger partial charge in [0, 0.05) is 18.7 Å². The highest BCUT2D eigenvalue weighted by Gasteiger charge is 2.10. The molecule has 1 aromatic carbocycles. The maximum atomic E-state index is 13.2. The molecule has 0 unspecified atom stereocenters. The summed E-state index contributed by atoms with van der Waals surface area (Å²) in [6.07, 6.45) is 0. The fourth-order valence-electron chi connectivity index (χ4n) is 1.63. The van der Waals surface area contributed by atoms with E-state index in [-0.39, 0.29) is 16.9 Å². The van der Waals surface area contributed by atoms with Crippen molar-refractivity contribution in [3.8, 4) is 17.3 Å². The number of benzene rings is 1. The maximum Gasteiger partial charge on any atom is 0.267 e. The molecule has 0 bridgehead atoms. The molecule has 0 N–H and O–H groups in total. The Labute approximate surface area is 103 Å². The Kier molecular flexibility index (Phi) is 2.94. The van der Waals surface area contributed by atoms with Crippen molar-refractivity contribution in [2.45, 2.75) is 6.92 Å². The molecule has 2 aromatic rings. The van der Waals surface area contributed by atoms with E-state index < -0.39 is 0 Å². The summed E-state index contributed by atoms with van der Waals surface area (Å²) < 4.78 is 14.3. The molecule has 1 heterocycles. The number of halogens is 1. The molecule has 1 aromatic heterocycles. The smallest absolute Gasteiger partial charge is 0.267 e. The minimum Gasteiger partial charge on any atom is -0.268 e. The van der Waals surface area contributed by atoms with E-state index in [1.165, 1.54) is 25.2 Å². The average Bonchev–Trinajstić information content (AvgIpc) is 2.35. The number of nitriles is 1. The van der Waals surface area contributed by atoms with Crippen molar-refractivity contribution in [3.05, 3.63) is 51.6 Å². The summed E-state index contributed by atoms with van der Waals surface area (Å²) >= 11 is 0. The van der Waals surface area contributed by atoms with Crippen LogP contribution in [-0.2, 0) is 7.05 Å². The lowest BCUT2D eigenvalue weighted by Gasteiger charge is -2.06. The fraction of sp³-hybridized carbons (Fsp3) is 0.154. The maximum absolute atomic E-state index is 13.2. The van der Waals surface area contributed by atoms with Gasteiger partial charge in [0.1, 0.15) is 17.6 Å². The van der Waals surface area contributed by atoms with Crippen molar-refractivity contribution in [1.82, 2.24) is 9.78 Å². The van der Waals surface area contributed by atoms with E-state index in [4.69, 9.17) is 5.26 Å². The summed E-state index contributed by atoms with van der Waals surface area (Å²) in [4.78, 5) is 11.4. The van der Waals surface area contributed by atoms with Gasteiger partial charge >= 0.3 is 0 Å². The summed E-state index contributed by atoms with van der Waals surface area (Å²) in [6.45, 7) is 1.63. The predicted molar refractivity (Wildman–Crippen MR) is 64.3 cm³/mol. The van der Waals surface area contributed by atoms with Gasteiger partial charge in [0.2, 0.25) is 0 Å². The first kappa shape index (κ1) is 12.0. The molecule has 0 aliphatic rings. The minimum atomic E-state index is -0.353. The topological polar surface area (TPSA) is 58.7 Å². The molecule has 0 fully saturated rings. The standard InChI is InChI=1S/C13H10FN3O/c1-8-5-9(3-4-11(8)14)13-10(7-15)6-12(18)17(2)16-13/h3-6H,1-2H3. The van der Waals surface area contributed by atoms with Crippen molar-refractivity contribution in [1.29, 1.82) is 5.26 Å². The highest BCUT2D eigenvalue weighted by Crippen LogP contribution is 2.21. The van der Waals surface area contributed by atoms with E-state index in [9.17, 15) is 9.18 Å². The van der Waals surface area contributed by atoms with Gasteiger partial charge in [-0.3, -0.25) is 4.79 Å². The lowest BCUT2D eigenvalue weighted by atomic mass is 10.0. The van der Waals surface area contributed by atoms with Crippen LogP contribution in [0.3, 0.4) is 0 Å². The molecule has 0 aliphatic heterocycles. The number of hydrogen-bond acceptors (Lipinski definition) is 3. The molecule has 2 rings (SSSR count). The van der Waals surface area contributed by atoms with Gasteiger partial charge in [0.05, 0.1) is 5.56 Å². The fourth-order valence-corrected chi connectivity index (χ4v) is 1.63. The van der Waals surface area contributed by atoms with Crippen LogP contribution >= 0.6 is 0 Å². The molecule has 5 heteroatoms. The van der Waals surface area contributed by atoms with Crippen molar-refractivity contribution in [2.24, 2.45) is 7.05 Å². The van der Waals surface area contributed by atoms with Crippen molar-refractivity contribution in [2.75, 3.05) is 0 Å². The van der Waals surface area contributed by atoms with Crippen LogP contribution in [0.5, 0.6) is 0 Å². The first-order chi connectivity index (χ1) is 8.52. The van der Waals surface area contributed by atoms with Crippen LogP contribution < -0.4 is 5.56 Å². The zero-order valence-electron chi connectivity index (χ0n) is 9.94. The zero-order valence-corrected chi connectivity index (χ0v) is 9.94. The first-order valence-electron chi connectivity index (χ1n) is 5.28. The van der Waals surface area contributed by atoms with Crippen LogP contribution in [0, 0.1) is 24.1 Å². The van der Waals surface area contributed by atoms with Crippen LogP contribution in [0.1, 0.15) is 11.1 Å². The van der Waals surface area contributed by atoms with Crippen LogP contribution in [0.15, 0.2) is 29.1 Å². The van der Waals surface area contributed by atoms with Gasteiger partial charge in [0.25, 0.3) is 5.56 Å². The van der Waals surface area contributed by atoms with Gasteiger partial charge in [-0.25, -0.2) is 9.07 Å². The normalized spacial score (nSPS) is 10.1. The van der Waals surface area contributed by atoms with E-state index >= 15 is 0 Å². The summed E-state index contributed by atoms with van der Waals surface area (Å²) in [5.74, 6) is -0.318. The van der Waals surface area contributed by atoms with E-state index in [2.05, 4.69) is 5.10 Å². The van der Waals surface area contributed by atoms with Crippen LogP contribution in [0.2, 0.25) is 0 Å². The highest BCUT2D eigenvalue weighted by atomic mass is 19.1. The second-order valence-electron chi connectivity index (χ2n) is 3.94. The van der Waals surface area contributed by atoms with E-state index in [1.807, 2.05) is 6.07 Å². The van der Waals surface area contributed by atoms with E-state index in [1.54, 1.807) is 13.0 Å². The zero-order chi connectivity index (χ0) is 13.3. The monoisotopic (exact) mass is 243 g/mol. The van der Waals surface area contributed by atoms with E-state index in [0.717, 1.165) is 4.68 Å². The number of aromatic nitrogens is 2. The number of rotatable bonds is 1. The molecule has 0 saturated carbocycles. The SMILES string of the molecule is Cc1cc(-c2nn(C)c(=O)cc2C#N)ccc1F. The Bertz CT molecular complexity index is 713. The Balaban J connectivity index is 2.71. The third-order valence-electron chi connectivity index (χ3n) is 2.64. The molecule has 0 atom stereocenters. The summed E-state index contributed by atoms with van der Waals surface area (Å²) in [5, 5.41) is 13.1. The molecule has 18 heavy (non-hydrogen) atoms. The molecule has 0 aliphatic carbocycles. The van der Waals surface area contributed by atoms with Gasteiger partial charge in [-0.2, -0.15) is 10.4 Å². The number of hydrogen-bond donors (Lipinski definition) is 0. The highest BCUT2D eigenvalue weighted by molar-refractivity contribution is 5.66. The van der Waals surface area contributed by atoms with Crippen LogP contribution in [0.4, 0.5) is 4.39 Å². The summed E-state index contributed by atoms with van der Waals surface area (Å²) in [6, 6.07) is 7.61. The van der Waals surface area contributed by atoms with Crippen LogP contribution in [-0.4, -0.2) is 9.78 Å². The first-order valence-corrected chi connectivity index (χ1v) is 5.28. The summed E-state index contributed by atoms with van der Waals surface area (Å²) in [5.41, 5.74) is 1.29. The molecule has 0 spiro atoms. The van der Waals surface area contributed by atoms with Gasteiger partial charge in [-0.15, -0.1) is 0 Å². The van der Waals surface area contributed by atoms with Crippen molar-refractivity contribution < 1.29 is 4.39 Å². The van der Waals surface area contributed by atoms with Crippen LogP contribution in [0.25, 0.3) is 11.3 Å². The minimum absolute atomic E-state index is 0.184. The predicted octanol–water partition coefficient (Wildman–Crippen LogP) is 1.77. The average molecular weight is 243 g/mol. The third-order valence-corrected chi connectivity index (χ3v) is 2.64. The Hall–Kier alpha value is -2.48. The molecule has 0 saturated heterocycles. The molecule has 0 amide bonds. The van der Waals surface area contributed by atoms with Crippen molar-refractivity contribution in [3.63, 3.8) is 0 Å². The van der Waals surface area contributed by atoms with E-state index in [0.29, 0.717) is 16.8 Å². The van der Waals surface area contributed by atoms with Gasteiger partial charge in [-0.05, 0) is 30.7 Å². The van der Waals surface area contributed by atoms with Gasteiger partial charge in [0.15, 0.2) is 0 Å². The quantitative estimate of drug-likeness (QED) is 0.766. The molecule has 90 valence electrons. The molecular weight excluding hydrogens is 233 g/mol. The molecule has 4 nitrogen and oxygen atoms in total. The number of aryl methyl sites for hydroxylation is 2. The summed E-state index contributed by atoms with van der Waals surface area (Å²) in [7, 11) is 1.50. The Morgan fingerprint density at radius 2 is 2.11 bits per heavy atom. The lowest BCUT2D eigenvalue weighted by Crippen LogP contribution is -2.20. The second-order valence-corrected chi connectivity index (χ2v) is 3.94. The second kappa shape index (κ2) is 4.41. The molecular formula is C13H10FN3O.